The molecular formula is C17H28O. The molecule has 1 N–H and O–H groups in total. The highest BCUT2D eigenvalue weighted by atomic mass is 16.2. The molecule has 0 saturated heterocycles. The molecular weight excluding hydrogens is 220 g/mol. The quantitative estimate of drug-likeness (QED) is 0.464. The largest absolute Gasteiger partial charge is 0.396 e. The van der Waals surface area contributed by atoms with Crippen LogP contribution in [0.5, 0.6) is 0 Å². The summed E-state index contributed by atoms with van der Waals surface area (Å²) in [6, 6.07) is 0. The fourth-order valence-corrected chi connectivity index (χ4v) is 1.49. The Morgan fingerprint density at radius 1 is 0.889 bits per heavy atom. The highest BCUT2D eigenvalue weighted by Crippen LogP contribution is 2.05. The molecule has 18 heavy (non-hydrogen) atoms. The van der Waals surface area contributed by atoms with Crippen LogP contribution in [0.15, 0.2) is 48.6 Å². The Labute approximate surface area is 113 Å². The smallest absolute Gasteiger partial charge is 0.0436 e. The third-order valence-electron chi connectivity index (χ3n) is 2.71. The molecule has 0 unspecified atom stereocenters. The van der Waals surface area contributed by atoms with Crippen molar-refractivity contribution < 1.29 is 5.11 Å². The SMILES string of the molecule is CC/C=C\C[C@H](C)/C=C/C=C/C=C/[C@@H](C)CCO. The fraction of sp³-hybridized carbons (Fsp3) is 0.529. The molecule has 0 aromatic heterocycles. The van der Waals surface area contributed by atoms with Crippen molar-refractivity contribution in [3.63, 3.8) is 0 Å². The molecule has 0 bridgehead atoms. The van der Waals surface area contributed by atoms with Crippen molar-refractivity contribution in [3.05, 3.63) is 48.6 Å². The Morgan fingerprint density at radius 2 is 1.50 bits per heavy atom. The number of hydrogen-bond donors (Lipinski definition) is 1. The standard InChI is InChI=1S/C17H28O/c1-4-5-8-11-16(2)12-9-6-7-10-13-17(3)14-15-18/h5-10,12-13,16-18H,4,11,14-15H2,1-3H3/b7-6+,8-5-,12-9+,13-10+/t16-,17+/m0/s1. The Morgan fingerprint density at radius 3 is 2.06 bits per heavy atom. The summed E-state index contributed by atoms with van der Waals surface area (Å²) in [6.07, 6.45) is 20.1. The van der Waals surface area contributed by atoms with Crippen molar-refractivity contribution in [3.8, 4) is 0 Å². The minimum Gasteiger partial charge on any atom is -0.396 e. The second-order valence-corrected chi connectivity index (χ2v) is 4.74. The van der Waals surface area contributed by atoms with Gasteiger partial charge in [0.05, 0.1) is 0 Å². The molecule has 2 atom stereocenters. The van der Waals surface area contributed by atoms with Crippen molar-refractivity contribution in [2.45, 2.75) is 40.0 Å². The molecule has 0 heterocycles. The third kappa shape index (κ3) is 11.4. The third-order valence-corrected chi connectivity index (χ3v) is 2.71. The molecule has 102 valence electrons. The van der Waals surface area contributed by atoms with Crippen LogP contribution in [0.1, 0.15) is 40.0 Å². The topological polar surface area (TPSA) is 20.2 Å². The zero-order valence-electron chi connectivity index (χ0n) is 12.0. The van der Waals surface area contributed by atoms with Crippen LogP contribution >= 0.6 is 0 Å². The highest BCUT2D eigenvalue weighted by Gasteiger charge is 1.92. The zero-order chi connectivity index (χ0) is 13.6. The molecule has 0 aliphatic heterocycles. The summed E-state index contributed by atoms with van der Waals surface area (Å²) in [7, 11) is 0. The van der Waals surface area contributed by atoms with Gasteiger partial charge in [-0.05, 0) is 31.1 Å². The number of rotatable bonds is 9. The maximum atomic E-state index is 8.76. The lowest BCUT2D eigenvalue weighted by atomic mass is 10.1. The summed E-state index contributed by atoms with van der Waals surface area (Å²) < 4.78 is 0. The fourth-order valence-electron chi connectivity index (χ4n) is 1.49. The van der Waals surface area contributed by atoms with E-state index >= 15 is 0 Å². The van der Waals surface area contributed by atoms with Crippen LogP contribution in [0.2, 0.25) is 0 Å². The van der Waals surface area contributed by atoms with E-state index in [-0.39, 0.29) is 6.61 Å². The highest BCUT2D eigenvalue weighted by molar-refractivity contribution is 5.12. The summed E-state index contributed by atoms with van der Waals surface area (Å²) >= 11 is 0. The summed E-state index contributed by atoms with van der Waals surface area (Å²) in [5.74, 6) is 1.04. The van der Waals surface area contributed by atoms with Crippen molar-refractivity contribution >= 4 is 0 Å². The van der Waals surface area contributed by atoms with E-state index in [4.69, 9.17) is 5.11 Å². The zero-order valence-corrected chi connectivity index (χ0v) is 12.0. The monoisotopic (exact) mass is 248 g/mol. The van der Waals surface area contributed by atoms with Gasteiger partial charge < -0.3 is 5.11 Å². The van der Waals surface area contributed by atoms with Crippen LogP contribution in [0.3, 0.4) is 0 Å². The van der Waals surface area contributed by atoms with Gasteiger partial charge in [-0.15, -0.1) is 0 Å². The van der Waals surface area contributed by atoms with Gasteiger partial charge in [-0.1, -0.05) is 69.4 Å². The number of aliphatic hydroxyl groups is 1. The first-order valence-electron chi connectivity index (χ1n) is 6.98. The van der Waals surface area contributed by atoms with Crippen LogP contribution in [0.25, 0.3) is 0 Å². The normalized spacial score (nSPS) is 16.4. The molecule has 0 saturated carbocycles. The minimum absolute atomic E-state index is 0.262. The van der Waals surface area contributed by atoms with E-state index in [0.717, 1.165) is 19.3 Å². The van der Waals surface area contributed by atoms with Crippen molar-refractivity contribution in [1.82, 2.24) is 0 Å². The molecule has 0 aliphatic rings. The van der Waals surface area contributed by atoms with Gasteiger partial charge >= 0.3 is 0 Å². The Kier molecular flexibility index (Phi) is 11.6. The van der Waals surface area contributed by atoms with E-state index in [1.807, 2.05) is 12.2 Å². The maximum Gasteiger partial charge on any atom is 0.0436 e. The number of hydrogen-bond acceptors (Lipinski definition) is 1. The first kappa shape index (κ1) is 16.9. The number of aliphatic hydroxyl groups excluding tert-OH is 1. The summed E-state index contributed by atoms with van der Waals surface area (Å²) in [5, 5.41) is 8.76. The molecule has 0 aromatic rings. The minimum atomic E-state index is 0.262. The Balaban J connectivity index is 3.82. The van der Waals surface area contributed by atoms with Gasteiger partial charge in [-0.25, -0.2) is 0 Å². The molecule has 0 aliphatic carbocycles. The van der Waals surface area contributed by atoms with Gasteiger partial charge in [0.15, 0.2) is 0 Å². The van der Waals surface area contributed by atoms with Crippen LogP contribution in [-0.4, -0.2) is 11.7 Å². The van der Waals surface area contributed by atoms with Crippen molar-refractivity contribution in [2.24, 2.45) is 11.8 Å². The predicted octanol–water partition coefficient (Wildman–Crippen LogP) is 4.67. The second-order valence-electron chi connectivity index (χ2n) is 4.74. The van der Waals surface area contributed by atoms with E-state index in [0.29, 0.717) is 11.8 Å². The first-order valence-corrected chi connectivity index (χ1v) is 6.98. The van der Waals surface area contributed by atoms with Gasteiger partial charge in [0, 0.05) is 6.61 Å². The van der Waals surface area contributed by atoms with Gasteiger partial charge in [0.1, 0.15) is 0 Å². The van der Waals surface area contributed by atoms with E-state index in [1.165, 1.54) is 0 Å². The molecule has 1 heteroatoms. The molecule has 0 rings (SSSR count). The van der Waals surface area contributed by atoms with Gasteiger partial charge in [-0.3, -0.25) is 0 Å². The molecule has 1 nitrogen and oxygen atoms in total. The van der Waals surface area contributed by atoms with Crippen LogP contribution in [0, 0.1) is 11.8 Å². The molecule has 0 amide bonds. The van der Waals surface area contributed by atoms with Crippen LogP contribution in [0.4, 0.5) is 0 Å². The van der Waals surface area contributed by atoms with Crippen molar-refractivity contribution in [1.29, 1.82) is 0 Å². The Bertz CT molecular complexity index is 284. The maximum absolute atomic E-state index is 8.76. The molecule has 0 fully saturated rings. The molecule has 0 radical (unpaired) electrons. The lowest BCUT2D eigenvalue weighted by molar-refractivity contribution is 0.274. The lowest BCUT2D eigenvalue weighted by Gasteiger charge is -2.00. The second kappa shape index (κ2) is 12.4. The summed E-state index contributed by atoms with van der Waals surface area (Å²) in [5.41, 5.74) is 0. The first-order chi connectivity index (χ1) is 8.70. The molecule has 0 spiro atoms. The average molecular weight is 248 g/mol. The molecule has 0 aromatic carbocycles. The van der Waals surface area contributed by atoms with Gasteiger partial charge in [-0.2, -0.15) is 0 Å². The van der Waals surface area contributed by atoms with E-state index in [9.17, 15) is 0 Å². The van der Waals surface area contributed by atoms with E-state index in [2.05, 4.69) is 57.2 Å². The van der Waals surface area contributed by atoms with Crippen molar-refractivity contribution in [2.75, 3.05) is 6.61 Å². The van der Waals surface area contributed by atoms with Crippen LogP contribution in [-0.2, 0) is 0 Å². The number of allylic oxidation sites excluding steroid dienone is 8. The van der Waals surface area contributed by atoms with E-state index < -0.39 is 0 Å². The Hall–Kier alpha value is -1.08. The van der Waals surface area contributed by atoms with Gasteiger partial charge in [0.2, 0.25) is 0 Å². The predicted molar refractivity (Wildman–Crippen MR) is 81.5 cm³/mol. The van der Waals surface area contributed by atoms with Crippen LogP contribution < -0.4 is 0 Å². The summed E-state index contributed by atoms with van der Waals surface area (Å²) in [4.78, 5) is 0. The lowest BCUT2D eigenvalue weighted by Crippen LogP contribution is -1.92. The average Bonchev–Trinajstić information content (AvgIpc) is 2.34. The van der Waals surface area contributed by atoms with E-state index in [1.54, 1.807) is 0 Å². The van der Waals surface area contributed by atoms with Gasteiger partial charge in [0.25, 0.3) is 0 Å². The summed E-state index contributed by atoms with van der Waals surface area (Å²) in [6.45, 7) is 6.75.